The Morgan fingerprint density at radius 2 is 2.14 bits per heavy atom. The Kier molecular flexibility index (Phi) is 2.08. The molecular formula is C11H10O3. The second-order valence-corrected chi connectivity index (χ2v) is 3.44. The summed E-state index contributed by atoms with van der Waals surface area (Å²) >= 11 is 0. The van der Waals surface area contributed by atoms with E-state index in [9.17, 15) is 9.59 Å². The highest BCUT2D eigenvalue weighted by Gasteiger charge is 2.22. The SMILES string of the molecule is O=C(O)Cc1cccc2c1CCC2=O. The predicted octanol–water partition coefficient (Wildman–Crippen LogP) is 1.44. The van der Waals surface area contributed by atoms with Crippen LogP contribution < -0.4 is 0 Å². The highest BCUT2D eigenvalue weighted by Crippen LogP contribution is 2.25. The summed E-state index contributed by atoms with van der Waals surface area (Å²) < 4.78 is 0. The number of fused-ring (bicyclic) bond motifs is 1. The van der Waals surface area contributed by atoms with Gasteiger partial charge < -0.3 is 5.11 Å². The molecule has 0 bridgehead atoms. The molecule has 0 saturated carbocycles. The Morgan fingerprint density at radius 1 is 1.36 bits per heavy atom. The molecule has 0 atom stereocenters. The van der Waals surface area contributed by atoms with Crippen LogP contribution in [-0.4, -0.2) is 16.9 Å². The molecule has 0 spiro atoms. The van der Waals surface area contributed by atoms with Gasteiger partial charge in [0.25, 0.3) is 0 Å². The maximum Gasteiger partial charge on any atom is 0.307 e. The predicted molar refractivity (Wildman–Crippen MR) is 50.4 cm³/mol. The highest BCUT2D eigenvalue weighted by atomic mass is 16.4. The van der Waals surface area contributed by atoms with Crippen molar-refractivity contribution in [2.75, 3.05) is 0 Å². The lowest BCUT2D eigenvalue weighted by atomic mass is 10.0. The molecule has 1 aromatic carbocycles. The lowest BCUT2D eigenvalue weighted by Crippen LogP contribution is -2.03. The van der Waals surface area contributed by atoms with E-state index in [4.69, 9.17) is 5.11 Å². The van der Waals surface area contributed by atoms with E-state index in [0.29, 0.717) is 18.4 Å². The van der Waals surface area contributed by atoms with Crippen molar-refractivity contribution in [1.82, 2.24) is 0 Å². The van der Waals surface area contributed by atoms with Gasteiger partial charge in [-0.2, -0.15) is 0 Å². The Hall–Kier alpha value is -1.64. The number of aliphatic carboxylic acids is 1. The van der Waals surface area contributed by atoms with Gasteiger partial charge in [-0.15, -0.1) is 0 Å². The first-order valence-electron chi connectivity index (χ1n) is 4.54. The van der Waals surface area contributed by atoms with E-state index >= 15 is 0 Å². The molecule has 1 aromatic rings. The number of hydrogen-bond acceptors (Lipinski definition) is 2. The molecular weight excluding hydrogens is 180 g/mol. The number of carbonyl (C=O) groups is 2. The van der Waals surface area contributed by atoms with Gasteiger partial charge in [0.05, 0.1) is 6.42 Å². The van der Waals surface area contributed by atoms with Gasteiger partial charge in [-0.05, 0) is 17.5 Å². The van der Waals surface area contributed by atoms with E-state index in [0.717, 1.165) is 11.1 Å². The standard InChI is InChI=1S/C11H10O3/c12-10-5-4-8-7(6-11(13)14)2-1-3-9(8)10/h1-3H,4-6H2,(H,13,14). The summed E-state index contributed by atoms with van der Waals surface area (Å²) in [4.78, 5) is 21.9. The van der Waals surface area contributed by atoms with E-state index in [-0.39, 0.29) is 12.2 Å². The Balaban J connectivity index is 2.43. The monoisotopic (exact) mass is 190 g/mol. The number of carboxylic acids is 1. The van der Waals surface area contributed by atoms with Crippen molar-refractivity contribution in [1.29, 1.82) is 0 Å². The van der Waals surface area contributed by atoms with E-state index in [1.165, 1.54) is 0 Å². The Bertz CT molecular complexity index is 407. The molecule has 0 heterocycles. The molecule has 0 radical (unpaired) electrons. The van der Waals surface area contributed by atoms with Gasteiger partial charge in [-0.1, -0.05) is 18.2 Å². The van der Waals surface area contributed by atoms with Crippen LogP contribution in [0.3, 0.4) is 0 Å². The van der Waals surface area contributed by atoms with Crippen molar-refractivity contribution in [3.63, 3.8) is 0 Å². The van der Waals surface area contributed by atoms with Gasteiger partial charge in [0.2, 0.25) is 0 Å². The summed E-state index contributed by atoms with van der Waals surface area (Å²) in [5.41, 5.74) is 2.42. The number of benzene rings is 1. The minimum atomic E-state index is -0.849. The summed E-state index contributed by atoms with van der Waals surface area (Å²) in [5, 5.41) is 8.68. The highest BCUT2D eigenvalue weighted by molar-refractivity contribution is 6.01. The molecule has 0 unspecified atom stereocenters. The van der Waals surface area contributed by atoms with Gasteiger partial charge in [0.1, 0.15) is 0 Å². The molecule has 0 aromatic heterocycles. The Labute approximate surface area is 81.4 Å². The number of hydrogen-bond donors (Lipinski definition) is 1. The normalized spacial score (nSPS) is 14.1. The van der Waals surface area contributed by atoms with Gasteiger partial charge in [-0.3, -0.25) is 9.59 Å². The average molecular weight is 190 g/mol. The number of ketones is 1. The number of carbonyl (C=O) groups excluding carboxylic acids is 1. The van der Waals surface area contributed by atoms with Gasteiger partial charge in [0.15, 0.2) is 5.78 Å². The van der Waals surface area contributed by atoms with Crippen molar-refractivity contribution in [2.24, 2.45) is 0 Å². The summed E-state index contributed by atoms with van der Waals surface area (Å²) in [6.45, 7) is 0. The fraction of sp³-hybridized carbons (Fsp3) is 0.273. The molecule has 3 heteroatoms. The van der Waals surface area contributed by atoms with Crippen LogP contribution >= 0.6 is 0 Å². The number of Topliss-reactive ketones (excluding diaryl/α,β-unsaturated/α-hetero) is 1. The lowest BCUT2D eigenvalue weighted by molar-refractivity contribution is -0.136. The fourth-order valence-corrected chi connectivity index (χ4v) is 1.89. The number of rotatable bonds is 2. The first-order chi connectivity index (χ1) is 6.68. The average Bonchev–Trinajstić information content (AvgIpc) is 2.49. The van der Waals surface area contributed by atoms with Crippen molar-refractivity contribution in [3.8, 4) is 0 Å². The largest absolute Gasteiger partial charge is 0.481 e. The number of carboxylic acid groups (broad SMARTS) is 1. The second-order valence-electron chi connectivity index (χ2n) is 3.44. The van der Waals surface area contributed by atoms with Crippen molar-refractivity contribution in [2.45, 2.75) is 19.3 Å². The molecule has 0 fully saturated rings. The van der Waals surface area contributed by atoms with E-state index in [1.54, 1.807) is 18.2 Å². The summed E-state index contributed by atoms with van der Waals surface area (Å²) in [6, 6.07) is 5.31. The molecule has 72 valence electrons. The smallest absolute Gasteiger partial charge is 0.307 e. The zero-order valence-corrected chi connectivity index (χ0v) is 7.62. The molecule has 14 heavy (non-hydrogen) atoms. The Morgan fingerprint density at radius 3 is 2.86 bits per heavy atom. The lowest BCUT2D eigenvalue weighted by Gasteiger charge is -2.03. The molecule has 2 rings (SSSR count). The maximum absolute atomic E-state index is 11.4. The van der Waals surface area contributed by atoms with Crippen LogP contribution in [0.5, 0.6) is 0 Å². The van der Waals surface area contributed by atoms with Crippen molar-refractivity contribution < 1.29 is 14.7 Å². The van der Waals surface area contributed by atoms with Crippen LogP contribution in [0.1, 0.15) is 27.9 Å². The third-order valence-electron chi connectivity index (χ3n) is 2.52. The molecule has 1 N–H and O–H groups in total. The summed E-state index contributed by atoms with van der Waals surface area (Å²) in [5.74, 6) is -0.718. The minimum Gasteiger partial charge on any atom is -0.481 e. The molecule has 0 amide bonds. The molecule has 1 aliphatic carbocycles. The first-order valence-corrected chi connectivity index (χ1v) is 4.54. The van der Waals surface area contributed by atoms with Crippen LogP contribution in [0.2, 0.25) is 0 Å². The van der Waals surface area contributed by atoms with Crippen LogP contribution in [0.15, 0.2) is 18.2 Å². The third kappa shape index (κ3) is 1.41. The molecule has 0 aliphatic heterocycles. The van der Waals surface area contributed by atoms with Crippen LogP contribution in [0.25, 0.3) is 0 Å². The van der Waals surface area contributed by atoms with Crippen molar-refractivity contribution >= 4 is 11.8 Å². The molecule has 1 aliphatic rings. The topological polar surface area (TPSA) is 54.4 Å². The van der Waals surface area contributed by atoms with Gasteiger partial charge >= 0.3 is 5.97 Å². The van der Waals surface area contributed by atoms with Crippen LogP contribution in [0.4, 0.5) is 0 Å². The van der Waals surface area contributed by atoms with E-state index in [2.05, 4.69) is 0 Å². The zero-order valence-electron chi connectivity index (χ0n) is 7.62. The second kappa shape index (κ2) is 3.25. The fourth-order valence-electron chi connectivity index (χ4n) is 1.89. The summed E-state index contributed by atoms with van der Waals surface area (Å²) in [6.07, 6.45) is 1.22. The quantitative estimate of drug-likeness (QED) is 0.767. The molecule has 0 saturated heterocycles. The minimum absolute atomic E-state index is 0.0104. The zero-order chi connectivity index (χ0) is 10.1. The maximum atomic E-state index is 11.4. The molecule has 3 nitrogen and oxygen atoms in total. The van der Waals surface area contributed by atoms with Crippen LogP contribution in [0, 0.1) is 0 Å². The third-order valence-corrected chi connectivity index (χ3v) is 2.52. The van der Waals surface area contributed by atoms with E-state index < -0.39 is 5.97 Å². The van der Waals surface area contributed by atoms with Crippen LogP contribution in [-0.2, 0) is 17.6 Å². The van der Waals surface area contributed by atoms with Gasteiger partial charge in [0, 0.05) is 12.0 Å². The van der Waals surface area contributed by atoms with Crippen molar-refractivity contribution in [3.05, 3.63) is 34.9 Å². The summed E-state index contributed by atoms with van der Waals surface area (Å²) in [7, 11) is 0. The first kappa shape index (κ1) is 8.94. The van der Waals surface area contributed by atoms with Gasteiger partial charge in [-0.25, -0.2) is 0 Å². The van der Waals surface area contributed by atoms with E-state index in [1.807, 2.05) is 0 Å².